The molecular formula is C14H23N3O3. The van der Waals surface area contributed by atoms with E-state index in [9.17, 15) is 9.59 Å². The van der Waals surface area contributed by atoms with Gasteiger partial charge in [-0.25, -0.2) is 4.79 Å². The Bertz CT molecular complexity index is 380. The van der Waals surface area contributed by atoms with Gasteiger partial charge in [0.25, 0.3) is 0 Å². The van der Waals surface area contributed by atoms with Crippen molar-refractivity contribution >= 4 is 12.0 Å². The monoisotopic (exact) mass is 281 g/mol. The molecule has 3 fully saturated rings. The second kappa shape index (κ2) is 5.99. The lowest BCUT2D eigenvalue weighted by molar-refractivity contribution is -0.134. The van der Waals surface area contributed by atoms with Gasteiger partial charge < -0.3 is 9.64 Å². The highest BCUT2D eigenvalue weighted by atomic mass is 16.6. The summed E-state index contributed by atoms with van der Waals surface area (Å²) in [6, 6.07) is 0.0596. The van der Waals surface area contributed by atoms with Crippen molar-refractivity contribution in [3.8, 4) is 0 Å². The molecule has 1 atom stereocenters. The Balaban J connectivity index is 1.51. The first-order valence-corrected chi connectivity index (χ1v) is 7.67. The van der Waals surface area contributed by atoms with Gasteiger partial charge in [0.2, 0.25) is 5.91 Å². The third-order valence-electron chi connectivity index (χ3n) is 4.53. The fraction of sp³-hybridized carbons (Fsp3) is 0.857. The molecule has 0 aromatic carbocycles. The summed E-state index contributed by atoms with van der Waals surface area (Å²) in [6.07, 6.45) is 4.74. The van der Waals surface area contributed by atoms with E-state index in [1.165, 1.54) is 25.7 Å². The van der Waals surface area contributed by atoms with Crippen LogP contribution in [0.4, 0.5) is 4.79 Å². The summed E-state index contributed by atoms with van der Waals surface area (Å²) in [5.74, 6) is 0.200. The maximum Gasteiger partial charge on any atom is 0.410 e. The van der Waals surface area contributed by atoms with Crippen LogP contribution in [0.3, 0.4) is 0 Å². The number of piperazine rings is 1. The molecule has 2 amide bonds. The molecule has 0 aromatic heterocycles. The van der Waals surface area contributed by atoms with E-state index in [0.29, 0.717) is 32.8 Å². The molecule has 3 saturated heterocycles. The number of amides is 2. The van der Waals surface area contributed by atoms with Gasteiger partial charge in [0, 0.05) is 19.6 Å². The van der Waals surface area contributed by atoms with Crippen LogP contribution in [-0.4, -0.2) is 78.6 Å². The quantitative estimate of drug-likeness (QED) is 0.741. The number of nitrogens with zero attached hydrogens (tertiary/aromatic N) is 3. The van der Waals surface area contributed by atoms with E-state index in [1.54, 1.807) is 4.90 Å². The van der Waals surface area contributed by atoms with E-state index in [0.717, 1.165) is 13.1 Å². The Hall–Kier alpha value is -1.30. The minimum absolute atomic E-state index is 0.0596. The zero-order valence-corrected chi connectivity index (χ0v) is 11.9. The molecule has 3 aliphatic rings. The highest BCUT2D eigenvalue weighted by molar-refractivity contribution is 5.79. The van der Waals surface area contributed by atoms with Crippen molar-refractivity contribution in [3.05, 3.63) is 0 Å². The van der Waals surface area contributed by atoms with E-state index in [-0.39, 0.29) is 18.0 Å². The highest BCUT2D eigenvalue weighted by Gasteiger charge is 2.38. The molecule has 6 nitrogen and oxygen atoms in total. The van der Waals surface area contributed by atoms with Crippen molar-refractivity contribution in [1.29, 1.82) is 0 Å². The Kier molecular flexibility index (Phi) is 4.10. The molecule has 0 N–H and O–H groups in total. The molecule has 0 radical (unpaired) electrons. The summed E-state index contributed by atoms with van der Waals surface area (Å²) in [6.45, 7) is 4.90. The van der Waals surface area contributed by atoms with Gasteiger partial charge in [-0.3, -0.25) is 14.6 Å². The van der Waals surface area contributed by atoms with Crippen LogP contribution in [0.25, 0.3) is 0 Å². The Labute approximate surface area is 119 Å². The zero-order valence-electron chi connectivity index (χ0n) is 11.9. The summed E-state index contributed by atoms with van der Waals surface area (Å²) < 4.78 is 5.03. The molecule has 0 spiro atoms. The molecule has 3 heterocycles. The molecule has 6 heteroatoms. The molecule has 3 aliphatic heterocycles. The van der Waals surface area contributed by atoms with E-state index >= 15 is 0 Å². The fourth-order valence-electron chi connectivity index (χ4n) is 3.30. The van der Waals surface area contributed by atoms with Gasteiger partial charge in [-0.2, -0.15) is 0 Å². The number of hydrogen-bond acceptors (Lipinski definition) is 4. The molecule has 0 aliphatic carbocycles. The maximum atomic E-state index is 12.4. The number of carbonyl (C=O) groups excluding carboxylic acids is 2. The minimum Gasteiger partial charge on any atom is -0.447 e. The molecule has 3 rings (SSSR count). The first-order valence-electron chi connectivity index (χ1n) is 7.67. The lowest BCUT2D eigenvalue weighted by Gasteiger charge is -2.36. The van der Waals surface area contributed by atoms with Crippen molar-refractivity contribution in [1.82, 2.24) is 14.7 Å². The molecule has 20 heavy (non-hydrogen) atoms. The fourth-order valence-corrected chi connectivity index (χ4v) is 3.30. The van der Waals surface area contributed by atoms with Gasteiger partial charge in [-0.15, -0.1) is 0 Å². The van der Waals surface area contributed by atoms with Crippen LogP contribution in [0.15, 0.2) is 0 Å². The topological polar surface area (TPSA) is 53.1 Å². The van der Waals surface area contributed by atoms with Crippen molar-refractivity contribution in [2.45, 2.75) is 31.7 Å². The third kappa shape index (κ3) is 2.90. The number of hydrogen-bond donors (Lipinski definition) is 0. The van der Waals surface area contributed by atoms with Gasteiger partial charge in [0.15, 0.2) is 0 Å². The average molecular weight is 281 g/mol. The second-order valence-corrected chi connectivity index (χ2v) is 5.95. The summed E-state index contributed by atoms with van der Waals surface area (Å²) >= 11 is 0. The number of rotatable bonds is 2. The molecule has 0 aromatic rings. The number of ether oxygens (including phenoxy) is 1. The molecule has 0 saturated carbocycles. The highest BCUT2D eigenvalue weighted by Crippen LogP contribution is 2.18. The Morgan fingerprint density at radius 1 is 1.10 bits per heavy atom. The number of carbonyl (C=O) groups is 2. The summed E-state index contributed by atoms with van der Waals surface area (Å²) in [5.41, 5.74) is 0. The van der Waals surface area contributed by atoms with E-state index in [4.69, 9.17) is 4.74 Å². The predicted octanol–water partition coefficient (Wildman–Crippen LogP) is 0.525. The van der Waals surface area contributed by atoms with Crippen LogP contribution < -0.4 is 0 Å². The lowest BCUT2D eigenvalue weighted by Crippen LogP contribution is -2.55. The van der Waals surface area contributed by atoms with Gasteiger partial charge in [0.1, 0.15) is 6.61 Å². The normalized spacial score (nSPS) is 28.0. The first kappa shape index (κ1) is 13.7. The van der Waals surface area contributed by atoms with Crippen LogP contribution in [0.5, 0.6) is 0 Å². The van der Waals surface area contributed by atoms with Crippen molar-refractivity contribution in [3.63, 3.8) is 0 Å². The zero-order chi connectivity index (χ0) is 13.9. The summed E-state index contributed by atoms with van der Waals surface area (Å²) in [7, 11) is 0. The molecular weight excluding hydrogens is 258 g/mol. The van der Waals surface area contributed by atoms with Gasteiger partial charge in [0.05, 0.1) is 12.6 Å². The lowest BCUT2D eigenvalue weighted by atomic mass is 10.2. The van der Waals surface area contributed by atoms with Crippen LogP contribution in [0.2, 0.25) is 0 Å². The van der Waals surface area contributed by atoms with E-state index < -0.39 is 0 Å². The van der Waals surface area contributed by atoms with Crippen LogP contribution in [0.1, 0.15) is 25.7 Å². The van der Waals surface area contributed by atoms with Crippen molar-refractivity contribution < 1.29 is 14.3 Å². The second-order valence-electron chi connectivity index (χ2n) is 5.95. The molecule has 1 unspecified atom stereocenters. The largest absolute Gasteiger partial charge is 0.447 e. The van der Waals surface area contributed by atoms with Crippen molar-refractivity contribution in [2.24, 2.45) is 0 Å². The van der Waals surface area contributed by atoms with Crippen LogP contribution in [0, 0.1) is 0 Å². The maximum absolute atomic E-state index is 12.4. The predicted molar refractivity (Wildman–Crippen MR) is 73.3 cm³/mol. The van der Waals surface area contributed by atoms with Crippen LogP contribution >= 0.6 is 0 Å². The average Bonchev–Trinajstić information content (AvgIpc) is 2.66. The van der Waals surface area contributed by atoms with Gasteiger partial charge in [-0.1, -0.05) is 12.8 Å². The van der Waals surface area contributed by atoms with Gasteiger partial charge >= 0.3 is 6.09 Å². The molecule has 112 valence electrons. The Morgan fingerprint density at radius 2 is 1.85 bits per heavy atom. The smallest absolute Gasteiger partial charge is 0.410 e. The van der Waals surface area contributed by atoms with E-state index in [1.807, 2.05) is 4.90 Å². The minimum atomic E-state index is -0.227. The first-order chi connectivity index (χ1) is 9.74. The van der Waals surface area contributed by atoms with Crippen LogP contribution in [-0.2, 0) is 9.53 Å². The molecule has 0 bridgehead atoms. The summed E-state index contributed by atoms with van der Waals surface area (Å²) in [4.78, 5) is 29.7. The van der Waals surface area contributed by atoms with E-state index in [2.05, 4.69) is 4.90 Å². The summed E-state index contributed by atoms with van der Waals surface area (Å²) in [5, 5.41) is 0. The Morgan fingerprint density at radius 3 is 2.60 bits per heavy atom. The number of cyclic esters (lactones) is 1. The number of fused-ring (bicyclic) bond motifs is 1. The SMILES string of the molecule is O=C(CN1CCCCCC1)N1CCN2C(=O)OCC2C1. The van der Waals surface area contributed by atoms with Gasteiger partial charge in [-0.05, 0) is 25.9 Å². The van der Waals surface area contributed by atoms with Crippen molar-refractivity contribution in [2.75, 3.05) is 45.9 Å². The standard InChI is InChI=1S/C14H23N3O3/c18-13(10-15-5-3-1-2-4-6-15)16-7-8-17-12(9-16)11-20-14(17)19/h12H,1-11H2. The third-order valence-corrected chi connectivity index (χ3v) is 4.53. The number of likely N-dealkylation sites (tertiary alicyclic amines) is 1.